The molecule has 26 heavy (non-hydrogen) atoms. The number of hydrogen-bond acceptors (Lipinski definition) is 5. The van der Waals surface area contributed by atoms with E-state index in [1.807, 2.05) is 6.07 Å². The van der Waals surface area contributed by atoms with Crippen molar-refractivity contribution in [1.29, 1.82) is 0 Å². The first-order chi connectivity index (χ1) is 12.5. The summed E-state index contributed by atoms with van der Waals surface area (Å²) in [5, 5.41) is 7.74. The smallest absolute Gasteiger partial charge is 0.272 e. The highest BCUT2D eigenvalue weighted by Crippen LogP contribution is 2.32. The van der Waals surface area contributed by atoms with E-state index >= 15 is 0 Å². The van der Waals surface area contributed by atoms with Crippen molar-refractivity contribution in [2.75, 3.05) is 18.9 Å². The van der Waals surface area contributed by atoms with Crippen molar-refractivity contribution >= 4 is 27.7 Å². The lowest BCUT2D eigenvalue weighted by Gasteiger charge is -2.11. The number of ether oxygens (including phenoxy) is 2. The van der Waals surface area contributed by atoms with Gasteiger partial charge < -0.3 is 9.47 Å². The van der Waals surface area contributed by atoms with E-state index in [1.165, 1.54) is 14.2 Å². The number of rotatable bonds is 6. The summed E-state index contributed by atoms with van der Waals surface area (Å²) in [7, 11) is 3.03. The largest absolute Gasteiger partial charge is 0.493 e. The second kappa shape index (κ2) is 7.54. The molecule has 0 radical (unpaired) electrons. The lowest BCUT2D eigenvalue weighted by Crippen LogP contribution is -2.12. The lowest BCUT2D eigenvalue weighted by atomic mass is 10.0. The van der Waals surface area contributed by atoms with Gasteiger partial charge in [-0.15, -0.1) is 0 Å². The van der Waals surface area contributed by atoms with Crippen molar-refractivity contribution < 1.29 is 18.2 Å². The summed E-state index contributed by atoms with van der Waals surface area (Å²) in [6.45, 7) is 0. The van der Waals surface area contributed by atoms with E-state index in [1.54, 1.807) is 30.3 Å². The third-order valence-electron chi connectivity index (χ3n) is 3.88. The van der Waals surface area contributed by atoms with E-state index in [0.717, 1.165) is 5.56 Å². The van der Waals surface area contributed by atoms with Gasteiger partial charge in [0.2, 0.25) is 0 Å². The number of benzene rings is 2. The number of anilines is 1. The minimum Gasteiger partial charge on any atom is -0.493 e. The van der Waals surface area contributed by atoms with Crippen LogP contribution in [-0.4, -0.2) is 33.2 Å². The number of aromatic amines is 1. The van der Waals surface area contributed by atoms with Gasteiger partial charge >= 0.3 is 0 Å². The molecule has 9 heteroatoms. The lowest BCUT2D eigenvalue weighted by molar-refractivity contribution is 0.356. The molecule has 0 aliphatic carbocycles. The van der Waals surface area contributed by atoms with E-state index in [9.17, 15) is 9.00 Å². The minimum absolute atomic E-state index is 0.323. The summed E-state index contributed by atoms with van der Waals surface area (Å²) in [4.78, 5) is 12.1. The molecule has 136 valence electrons. The molecule has 3 N–H and O–H groups in total. The Labute approximate surface area is 151 Å². The maximum Gasteiger partial charge on any atom is 0.272 e. The number of aromatic nitrogens is 2. The first-order valence-corrected chi connectivity index (χ1v) is 8.72. The Bertz CT molecular complexity index is 1030. The highest BCUT2D eigenvalue weighted by molar-refractivity contribution is 7.80. The van der Waals surface area contributed by atoms with Gasteiger partial charge in [-0.1, -0.05) is 12.1 Å². The zero-order valence-electron chi connectivity index (χ0n) is 14.1. The molecule has 0 bridgehead atoms. The predicted octanol–water partition coefficient (Wildman–Crippen LogP) is 2.08. The van der Waals surface area contributed by atoms with Crippen LogP contribution in [0.15, 0.2) is 41.2 Å². The highest BCUT2D eigenvalue weighted by Gasteiger charge is 2.13. The molecule has 2 aromatic carbocycles. The number of methoxy groups -OCH3 is 2. The van der Waals surface area contributed by atoms with Crippen LogP contribution < -0.4 is 19.8 Å². The van der Waals surface area contributed by atoms with Gasteiger partial charge in [-0.05, 0) is 29.8 Å². The normalized spacial score (nSPS) is 12.0. The second-order valence-corrected chi connectivity index (χ2v) is 6.18. The standard InChI is InChI=1S/C17H17N3O5S/c1-24-15-8-12-13(9-16(15)25-2)17(21)19-18-14(12)7-10-4-3-5-11(6-10)20-26(22)23/h3-6,8-9,20H,7H2,1-2H3,(H,19,21)(H,22,23). The van der Waals surface area contributed by atoms with Gasteiger partial charge in [0.05, 0.1) is 25.3 Å². The summed E-state index contributed by atoms with van der Waals surface area (Å²) in [6.07, 6.45) is 0.413. The van der Waals surface area contributed by atoms with Crippen LogP contribution >= 0.6 is 0 Å². The zero-order valence-corrected chi connectivity index (χ0v) is 14.9. The van der Waals surface area contributed by atoms with Crippen molar-refractivity contribution in [3.63, 3.8) is 0 Å². The summed E-state index contributed by atoms with van der Waals surface area (Å²) in [6, 6.07) is 10.4. The maximum atomic E-state index is 12.1. The SMILES string of the molecule is COc1cc2c(Cc3cccc(NS(=O)O)c3)n[nH]c(=O)c2cc1OC. The van der Waals surface area contributed by atoms with Crippen molar-refractivity contribution in [3.05, 3.63) is 58.0 Å². The van der Waals surface area contributed by atoms with Crippen LogP contribution in [0.2, 0.25) is 0 Å². The molecule has 0 saturated heterocycles. The van der Waals surface area contributed by atoms with Crippen LogP contribution in [0, 0.1) is 0 Å². The van der Waals surface area contributed by atoms with Crippen molar-refractivity contribution in [2.24, 2.45) is 0 Å². The van der Waals surface area contributed by atoms with E-state index in [2.05, 4.69) is 14.9 Å². The van der Waals surface area contributed by atoms with Crippen molar-refractivity contribution in [1.82, 2.24) is 10.2 Å². The number of fused-ring (bicyclic) bond motifs is 1. The van der Waals surface area contributed by atoms with Crippen molar-refractivity contribution in [2.45, 2.75) is 6.42 Å². The Kier molecular flexibility index (Phi) is 5.19. The predicted molar refractivity (Wildman–Crippen MR) is 99.1 cm³/mol. The van der Waals surface area contributed by atoms with Gasteiger partial charge in [0.1, 0.15) is 0 Å². The Balaban J connectivity index is 2.07. The number of H-pyrrole nitrogens is 1. The summed E-state index contributed by atoms with van der Waals surface area (Å²) in [5.41, 5.74) is 1.69. The Morgan fingerprint density at radius 1 is 1.15 bits per heavy atom. The molecular formula is C17H17N3O5S. The van der Waals surface area contributed by atoms with Gasteiger partial charge in [-0.2, -0.15) is 5.10 Å². The molecule has 3 rings (SSSR count). The molecular weight excluding hydrogens is 358 g/mol. The number of nitrogens with zero attached hydrogens (tertiary/aromatic N) is 1. The zero-order chi connectivity index (χ0) is 18.7. The van der Waals surface area contributed by atoms with E-state index in [4.69, 9.17) is 14.0 Å². The fraction of sp³-hybridized carbons (Fsp3) is 0.176. The summed E-state index contributed by atoms with van der Waals surface area (Å²) < 4.78 is 32.8. The average molecular weight is 375 g/mol. The molecule has 0 amide bonds. The monoisotopic (exact) mass is 375 g/mol. The van der Waals surface area contributed by atoms with Gasteiger partial charge in [0.25, 0.3) is 16.8 Å². The Morgan fingerprint density at radius 2 is 1.85 bits per heavy atom. The highest BCUT2D eigenvalue weighted by atomic mass is 32.2. The van der Waals surface area contributed by atoms with Crippen LogP contribution in [-0.2, 0) is 17.7 Å². The molecule has 1 aromatic heterocycles. The molecule has 3 aromatic rings. The second-order valence-electron chi connectivity index (χ2n) is 5.48. The molecule has 8 nitrogen and oxygen atoms in total. The van der Waals surface area contributed by atoms with Gasteiger partial charge in [-0.25, -0.2) is 9.31 Å². The topological polar surface area (TPSA) is 114 Å². The van der Waals surface area contributed by atoms with E-state index in [0.29, 0.717) is 40.1 Å². The number of hydrogen-bond donors (Lipinski definition) is 3. The van der Waals surface area contributed by atoms with Crippen LogP contribution in [0.25, 0.3) is 10.8 Å². The quantitative estimate of drug-likeness (QED) is 0.569. The van der Waals surface area contributed by atoms with Crippen LogP contribution in [0.1, 0.15) is 11.3 Å². The van der Waals surface area contributed by atoms with Gasteiger partial charge in [0.15, 0.2) is 11.5 Å². The van der Waals surface area contributed by atoms with E-state index < -0.39 is 11.3 Å². The van der Waals surface area contributed by atoms with E-state index in [-0.39, 0.29) is 5.56 Å². The molecule has 0 saturated carbocycles. The third kappa shape index (κ3) is 3.68. The summed E-state index contributed by atoms with van der Waals surface area (Å²) >= 11 is -2.15. The maximum absolute atomic E-state index is 12.1. The third-order valence-corrected chi connectivity index (χ3v) is 4.29. The van der Waals surface area contributed by atoms with Gasteiger partial charge in [-0.3, -0.25) is 14.1 Å². The molecule has 0 aliphatic rings. The Hall–Kier alpha value is -2.91. The minimum atomic E-state index is -2.15. The first-order valence-electron chi connectivity index (χ1n) is 7.61. The average Bonchev–Trinajstić information content (AvgIpc) is 2.63. The molecule has 0 fully saturated rings. The van der Waals surface area contributed by atoms with Crippen LogP contribution in [0.3, 0.4) is 0 Å². The number of nitrogens with one attached hydrogen (secondary N) is 2. The molecule has 1 unspecified atom stereocenters. The molecule has 1 heterocycles. The summed E-state index contributed by atoms with van der Waals surface area (Å²) in [5.74, 6) is 0.957. The van der Waals surface area contributed by atoms with Crippen LogP contribution in [0.5, 0.6) is 11.5 Å². The van der Waals surface area contributed by atoms with Gasteiger partial charge in [0, 0.05) is 17.5 Å². The first kappa shape index (κ1) is 17.9. The fourth-order valence-corrected chi connectivity index (χ4v) is 3.05. The van der Waals surface area contributed by atoms with Crippen molar-refractivity contribution in [3.8, 4) is 11.5 Å². The Morgan fingerprint density at radius 3 is 2.50 bits per heavy atom. The van der Waals surface area contributed by atoms with Crippen LogP contribution in [0.4, 0.5) is 5.69 Å². The molecule has 0 aliphatic heterocycles. The molecule has 1 atom stereocenters. The fourth-order valence-electron chi connectivity index (χ4n) is 2.72. The molecule has 0 spiro atoms.